The predicted molar refractivity (Wildman–Crippen MR) is 63.2 cm³/mol. The lowest BCUT2D eigenvalue weighted by atomic mass is 10.3. The highest BCUT2D eigenvalue weighted by Gasteiger charge is 2.00. The molecular formula is C10H2Br2S. The number of thiophene rings is 1. The summed E-state index contributed by atoms with van der Waals surface area (Å²) >= 11 is 8.32. The number of hydrogen-bond donors (Lipinski definition) is 0. The van der Waals surface area contributed by atoms with E-state index >= 15 is 0 Å². The largest absolute Gasteiger partial charge is 0.120 e. The minimum Gasteiger partial charge on any atom is -0.120 e. The first-order valence-corrected chi connectivity index (χ1v) is 5.55. The Morgan fingerprint density at radius 3 is 2.54 bits per heavy atom. The summed E-state index contributed by atoms with van der Waals surface area (Å²) in [5.74, 6) is 12.7. The Balaban J connectivity index is 2.90. The molecule has 0 spiro atoms. The SMILES string of the molecule is C#CC#CC#Cc1cc(Br)sc1Br. The zero-order valence-electron chi connectivity index (χ0n) is 6.32. The Hall–Kier alpha value is -0.660. The molecule has 0 nitrogen and oxygen atoms in total. The van der Waals surface area contributed by atoms with Crippen molar-refractivity contribution < 1.29 is 0 Å². The quantitative estimate of drug-likeness (QED) is 0.645. The van der Waals surface area contributed by atoms with Crippen LogP contribution in [0.1, 0.15) is 5.56 Å². The normalized spacial score (nSPS) is 7.46. The molecule has 0 amide bonds. The van der Waals surface area contributed by atoms with Crippen LogP contribution in [0, 0.1) is 36.0 Å². The molecule has 1 rings (SSSR count). The summed E-state index contributed by atoms with van der Waals surface area (Å²) in [4.78, 5) is 0. The fraction of sp³-hybridized carbons (Fsp3) is 0. The molecule has 0 aliphatic heterocycles. The van der Waals surface area contributed by atoms with Crippen molar-refractivity contribution in [3.8, 4) is 36.0 Å². The fourth-order valence-electron chi connectivity index (χ4n) is 0.591. The van der Waals surface area contributed by atoms with E-state index in [4.69, 9.17) is 6.42 Å². The molecule has 0 bridgehead atoms. The van der Waals surface area contributed by atoms with Gasteiger partial charge < -0.3 is 0 Å². The zero-order valence-corrected chi connectivity index (χ0v) is 10.3. The molecule has 0 N–H and O–H groups in total. The van der Waals surface area contributed by atoms with Gasteiger partial charge in [-0.25, -0.2) is 0 Å². The van der Waals surface area contributed by atoms with E-state index in [1.807, 2.05) is 6.07 Å². The summed E-state index contributed by atoms with van der Waals surface area (Å²) in [6.45, 7) is 0. The lowest BCUT2D eigenvalue weighted by molar-refractivity contribution is 1.79. The molecule has 1 aromatic rings. The maximum absolute atomic E-state index is 4.94. The first-order valence-electron chi connectivity index (χ1n) is 3.15. The summed E-state index contributed by atoms with van der Waals surface area (Å²) in [5, 5.41) is 0. The molecule has 0 aromatic carbocycles. The Morgan fingerprint density at radius 2 is 2.00 bits per heavy atom. The summed E-state index contributed by atoms with van der Waals surface area (Å²) in [6.07, 6.45) is 4.94. The van der Waals surface area contributed by atoms with Crippen LogP contribution in [0.15, 0.2) is 13.6 Å². The molecule has 3 heteroatoms. The monoisotopic (exact) mass is 312 g/mol. The smallest absolute Gasteiger partial charge is 0.0867 e. The van der Waals surface area contributed by atoms with Crippen LogP contribution in [0.25, 0.3) is 0 Å². The van der Waals surface area contributed by atoms with Crippen LogP contribution in [0.4, 0.5) is 0 Å². The third kappa shape index (κ3) is 3.29. The van der Waals surface area contributed by atoms with Gasteiger partial charge in [-0.15, -0.1) is 17.8 Å². The fourth-order valence-corrected chi connectivity index (χ4v) is 3.26. The molecule has 0 saturated heterocycles. The van der Waals surface area contributed by atoms with Crippen molar-refractivity contribution in [1.29, 1.82) is 0 Å². The van der Waals surface area contributed by atoms with Crippen molar-refractivity contribution in [1.82, 2.24) is 0 Å². The van der Waals surface area contributed by atoms with Gasteiger partial charge in [0.2, 0.25) is 0 Å². The molecular weight excluding hydrogens is 312 g/mol. The molecule has 0 fully saturated rings. The van der Waals surface area contributed by atoms with Gasteiger partial charge in [-0.3, -0.25) is 0 Å². The Morgan fingerprint density at radius 1 is 1.23 bits per heavy atom. The van der Waals surface area contributed by atoms with Gasteiger partial charge in [0.25, 0.3) is 0 Å². The summed E-state index contributed by atoms with van der Waals surface area (Å²) in [6, 6.07) is 1.93. The minimum atomic E-state index is 0.920. The van der Waals surface area contributed by atoms with E-state index in [1.54, 1.807) is 11.3 Å². The lowest BCUT2D eigenvalue weighted by Gasteiger charge is -1.78. The Bertz CT molecular complexity index is 469. The number of rotatable bonds is 0. The standard InChI is InChI=1S/C10H2Br2S/c1-2-3-4-5-6-8-7-9(11)13-10(8)12/h1,7H. The van der Waals surface area contributed by atoms with E-state index in [9.17, 15) is 0 Å². The molecule has 0 atom stereocenters. The average Bonchev–Trinajstić information content (AvgIpc) is 2.39. The van der Waals surface area contributed by atoms with Crippen LogP contribution in [-0.2, 0) is 0 Å². The number of halogens is 2. The summed E-state index contributed by atoms with van der Waals surface area (Å²) in [7, 11) is 0. The van der Waals surface area contributed by atoms with Crippen molar-refractivity contribution in [2.75, 3.05) is 0 Å². The van der Waals surface area contributed by atoms with E-state index in [1.165, 1.54) is 0 Å². The Labute approximate surface area is 98.0 Å². The van der Waals surface area contributed by atoms with E-state index < -0.39 is 0 Å². The van der Waals surface area contributed by atoms with Gasteiger partial charge in [0.05, 0.1) is 13.1 Å². The highest BCUT2D eigenvalue weighted by Crippen LogP contribution is 2.30. The van der Waals surface area contributed by atoms with Gasteiger partial charge >= 0.3 is 0 Å². The van der Waals surface area contributed by atoms with Gasteiger partial charge in [-0.2, -0.15) is 0 Å². The van der Waals surface area contributed by atoms with Gasteiger partial charge in [0.15, 0.2) is 0 Å². The third-order valence-corrected chi connectivity index (χ3v) is 3.39. The zero-order chi connectivity index (χ0) is 9.68. The van der Waals surface area contributed by atoms with Crippen molar-refractivity contribution in [2.45, 2.75) is 0 Å². The van der Waals surface area contributed by atoms with Crippen molar-refractivity contribution >= 4 is 43.2 Å². The van der Waals surface area contributed by atoms with Crippen molar-refractivity contribution in [3.05, 3.63) is 19.2 Å². The molecule has 13 heavy (non-hydrogen) atoms. The van der Waals surface area contributed by atoms with Gasteiger partial charge in [-0.1, -0.05) is 5.92 Å². The van der Waals surface area contributed by atoms with Gasteiger partial charge in [0, 0.05) is 0 Å². The van der Waals surface area contributed by atoms with Gasteiger partial charge in [-0.05, 0) is 61.6 Å². The second kappa shape index (κ2) is 5.15. The van der Waals surface area contributed by atoms with E-state index in [0.29, 0.717) is 0 Å². The van der Waals surface area contributed by atoms with Crippen molar-refractivity contribution in [2.24, 2.45) is 0 Å². The average molecular weight is 314 g/mol. The number of hydrogen-bond acceptors (Lipinski definition) is 1. The molecule has 1 aromatic heterocycles. The molecule has 62 valence electrons. The second-order valence-corrected chi connectivity index (χ2v) is 5.63. The highest BCUT2D eigenvalue weighted by molar-refractivity contribution is 9.12. The minimum absolute atomic E-state index is 0.920. The van der Waals surface area contributed by atoms with E-state index in [2.05, 4.69) is 61.5 Å². The summed E-state index contributed by atoms with van der Waals surface area (Å²) < 4.78 is 2.03. The van der Waals surface area contributed by atoms with Crippen LogP contribution < -0.4 is 0 Å². The molecule has 0 unspecified atom stereocenters. The van der Waals surface area contributed by atoms with Gasteiger partial charge in [0.1, 0.15) is 0 Å². The highest BCUT2D eigenvalue weighted by atomic mass is 79.9. The first kappa shape index (κ1) is 10.4. The molecule has 0 aliphatic rings. The summed E-state index contributed by atoms with van der Waals surface area (Å²) in [5.41, 5.74) is 0.920. The van der Waals surface area contributed by atoms with Crippen LogP contribution in [-0.4, -0.2) is 0 Å². The van der Waals surface area contributed by atoms with Crippen LogP contribution in [0.2, 0.25) is 0 Å². The second-order valence-electron chi connectivity index (χ2n) is 1.88. The van der Waals surface area contributed by atoms with E-state index in [-0.39, 0.29) is 0 Å². The molecule has 0 saturated carbocycles. The first-order chi connectivity index (χ1) is 6.24. The van der Waals surface area contributed by atoms with Crippen LogP contribution in [0.3, 0.4) is 0 Å². The molecule has 0 aliphatic carbocycles. The molecule has 1 heterocycles. The third-order valence-electron chi connectivity index (χ3n) is 1.05. The maximum Gasteiger partial charge on any atom is 0.0867 e. The van der Waals surface area contributed by atoms with Crippen LogP contribution in [0.5, 0.6) is 0 Å². The topological polar surface area (TPSA) is 0 Å². The molecule has 0 radical (unpaired) electrons. The number of terminal acetylenes is 1. The maximum atomic E-state index is 4.94. The van der Waals surface area contributed by atoms with Crippen molar-refractivity contribution in [3.63, 3.8) is 0 Å². The predicted octanol–water partition coefficient (Wildman–Crippen LogP) is 3.26. The van der Waals surface area contributed by atoms with E-state index in [0.717, 1.165) is 13.1 Å². The van der Waals surface area contributed by atoms with Crippen LogP contribution >= 0.6 is 43.2 Å². The lowest BCUT2D eigenvalue weighted by Crippen LogP contribution is -1.64. The Kier molecular flexibility index (Phi) is 4.13.